The normalized spacial score (nSPS) is 20.9. The summed E-state index contributed by atoms with van der Waals surface area (Å²) in [5.41, 5.74) is 0. The number of hydrogen-bond donors (Lipinski definition) is 2. The van der Waals surface area contributed by atoms with E-state index in [-0.39, 0.29) is 18.2 Å². The van der Waals surface area contributed by atoms with E-state index in [1.54, 1.807) is 7.11 Å². The van der Waals surface area contributed by atoms with E-state index in [0.29, 0.717) is 25.5 Å². The molecule has 1 fully saturated rings. The van der Waals surface area contributed by atoms with Crippen molar-refractivity contribution in [1.82, 2.24) is 10.0 Å². The van der Waals surface area contributed by atoms with Gasteiger partial charge in [0.25, 0.3) is 0 Å². The van der Waals surface area contributed by atoms with Crippen LogP contribution in [0.2, 0.25) is 0 Å². The second-order valence-electron chi connectivity index (χ2n) is 4.23. The molecule has 7 heteroatoms. The largest absolute Gasteiger partial charge is 0.385 e. The van der Waals surface area contributed by atoms with Gasteiger partial charge in [0.1, 0.15) is 0 Å². The van der Waals surface area contributed by atoms with Gasteiger partial charge in [0.05, 0.1) is 5.75 Å². The van der Waals surface area contributed by atoms with Gasteiger partial charge < -0.3 is 10.1 Å². The van der Waals surface area contributed by atoms with Crippen molar-refractivity contribution in [3.63, 3.8) is 0 Å². The molecule has 0 saturated carbocycles. The molecule has 1 atom stereocenters. The summed E-state index contributed by atoms with van der Waals surface area (Å²) < 4.78 is 30.6. The molecule has 0 aliphatic carbocycles. The Morgan fingerprint density at radius 2 is 2.24 bits per heavy atom. The van der Waals surface area contributed by atoms with Crippen molar-refractivity contribution < 1.29 is 13.2 Å². The molecule has 1 unspecified atom stereocenters. The summed E-state index contributed by atoms with van der Waals surface area (Å²) in [6, 6.07) is 0. The van der Waals surface area contributed by atoms with Gasteiger partial charge in [-0.05, 0) is 38.3 Å². The van der Waals surface area contributed by atoms with E-state index >= 15 is 0 Å². The third-order valence-corrected chi connectivity index (χ3v) is 4.19. The van der Waals surface area contributed by atoms with E-state index < -0.39 is 10.0 Å². The van der Waals surface area contributed by atoms with Crippen molar-refractivity contribution in [3.05, 3.63) is 0 Å². The zero-order valence-electron chi connectivity index (χ0n) is 10.3. The predicted octanol–water partition coefficient (Wildman–Crippen LogP) is 0.364. The first-order chi connectivity index (χ1) is 7.64. The van der Waals surface area contributed by atoms with Crippen molar-refractivity contribution >= 4 is 22.4 Å². The van der Waals surface area contributed by atoms with E-state index in [1.165, 1.54) is 0 Å². The quantitative estimate of drug-likeness (QED) is 0.664. The van der Waals surface area contributed by atoms with Gasteiger partial charge in [0, 0.05) is 20.3 Å². The predicted molar refractivity (Wildman–Crippen MR) is 71.1 cm³/mol. The summed E-state index contributed by atoms with van der Waals surface area (Å²) in [4.78, 5) is 0. The van der Waals surface area contributed by atoms with Crippen LogP contribution >= 0.6 is 12.4 Å². The Morgan fingerprint density at radius 1 is 1.47 bits per heavy atom. The highest BCUT2D eigenvalue weighted by atomic mass is 35.5. The number of halogens is 1. The molecule has 1 saturated heterocycles. The van der Waals surface area contributed by atoms with Gasteiger partial charge >= 0.3 is 0 Å². The van der Waals surface area contributed by atoms with Crippen LogP contribution in [0.25, 0.3) is 0 Å². The average molecular weight is 287 g/mol. The highest BCUT2D eigenvalue weighted by molar-refractivity contribution is 7.89. The zero-order valence-corrected chi connectivity index (χ0v) is 11.9. The highest BCUT2D eigenvalue weighted by Gasteiger charge is 2.16. The van der Waals surface area contributed by atoms with Gasteiger partial charge in [0.15, 0.2) is 0 Å². The Labute approximate surface area is 110 Å². The fourth-order valence-corrected chi connectivity index (χ4v) is 2.94. The zero-order chi connectivity index (χ0) is 11.9. The van der Waals surface area contributed by atoms with Gasteiger partial charge in [-0.25, -0.2) is 13.1 Å². The van der Waals surface area contributed by atoms with E-state index in [0.717, 1.165) is 25.9 Å². The third kappa shape index (κ3) is 7.94. The molecule has 5 nitrogen and oxygen atoms in total. The van der Waals surface area contributed by atoms with Crippen LogP contribution in [0.15, 0.2) is 0 Å². The van der Waals surface area contributed by atoms with Gasteiger partial charge in [-0.2, -0.15) is 0 Å². The molecule has 1 aliphatic rings. The maximum Gasteiger partial charge on any atom is 0.211 e. The Hall–Kier alpha value is 0.120. The van der Waals surface area contributed by atoms with Crippen LogP contribution in [-0.2, 0) is 14.8 Å². The summed E-state index contributed by atoms with van der Waals surface area (Å²) in [6.45, 7) is 3.02. The van der Waals surface area contributed by atoms with E-state index in [2.05, 4.69) is 10.0 Å². The summed E-state index contributed by atoms with van der Waals surface area (Å²) >= 11 is 0. The number of ether oxygens (including phenoxy) is 1. The first kappa shape index (κ1) is 17.1. The van der Waals surface area contributed by atoms with Crippen LogP contribution in [0.3, 0.4) is 0 Å². The average Bonchev–Trinajstić information content (AvgIpc) is 2.28. The number of nitrogens with one attached hydrogen (secondary N) is 2. The molecule has 0 aromatic carbocycles. The third-order valence-electron chi connectivity index (χ3n) is 2.75. The molecule has 17 heavy (non-hydrogen) atoms. The lowest BCUT2D eigenvalue weighted by atomic mass is 10.0. The fraction of sp³-hybridized carbons (Fsp3) is 1.00. The van der Waals surface area contributed by atoms with Gasteiger partial charge in [-0.1, -0.05) is 0 Å². The topological polar surface area (TPSA) is 67.4 Å². The minimum absolute atomic E-state index is 0. The van der Waals surface area contributed by atoms with E-state index in [9.17, 15) is 8.42 Å². The minimum atomic E-state index is -3.11. The molecule has 1 rings (SSSR count). The molecule has 0 aromatic rings. The van der Waals surface area contributed by atoms with E-state index in [4.69, 9.17) is 4.74 Å². The van der Waals surface area contributed by atoms with Gasteiger partial charge in [-0.15, -0.1) is 12.4 Å². The molecule has 0 aromatic heterocycles. The molecular weight excluding hydrogens is 264 g/mol. The lowest BCUT2D eigenvalue weighted by Crippen LogP contribution is -2.38. The molecular formula is C10H23ClN2O3S. The molecule has 1 aliphatic heterocycles. The summed E-state index contributed by atoms with van der Waals surface area (Å²) in [6.07, 6.45) is 2.79. The molecule has 1 heterocycles. The maximum atomic E-state index is 11.6. The van der Waals surface area contributed by atoms with Crippen LogP contribution in [-0.4, -0.2) is 47.5 Å². The van der Waals surface area contributed by atoms with Gasteiger partial charge in [0.2, 0.25) is 10.0 Å². The Kier molecular flexibility index (Phi) is 9.17. The monoisotopic (exact) mass is 286 g/mol. The Morgan fingerprint density at radius 3 is 2.82 bits per heavy atom. The first-order valence-electron chi connectivity index (χ1n) is 5.81. The van der Waals surface area contributed by atoms with Crippen LogP contribution in [0.5, 0.6) is 0 Å². The van der Waals surface area contributed by atoms with Gasteiger partial charge in [-0.3, -0.25) is 0 Å². The second-order valence-corrected chi connectivity index (χ2v) is 6.15. The summed E-state index contributed by atoms with van der Waals surface area (Å²) in [7, 11) is -1.53. The first-order valence-corrected chi connectivity index (χ1v) is 7.46. The van der Waals surface area contributed by atoms with Crippen LogP contribution in [0.1, 0.15) is 19.3 Å². The molecule has 0 bridgehead atoms. The standard InChI is InChI=1S/C10H22N2O3S.ClH/c1-15-6-3-7-16(13,14)12-9-10-4-2-5-11-8-10;/h10-12H,2-9H2,1H3;1H. The fourth-order valence-electron chi connectivity index (χ4n) is 1.81. The maximum absolute atomic E-state index is 11.6. The highest BCUT2D eigenvalue weighted by Crippen LogP contribution is 2.08. The van der Waals surface area contributed by atoms with E-state index in [1.807, 2.05) is 0 Å². The van der Waals surface area contributed by atoms with Crippen LogP contribution < -0.4 is 10.0 Å². The number of sulfonamides is 1. The van der Waals surface area contributed by atoms with Crippen molar-refractivity contribution in [1.29, 1.82) is 0 Å². The number of rotatable bonds is 7. The lowest BCUT2D eigenvalue weighted by Gasteiger charge is -2.22. The summed E-state index contributed by atoms with van der Waals surface area (Å²) in [5.74, 6) is 0.590. The van der Waals surface area contributed by atoms with Crippen molar-refractivity contribution in [2.45, 2.75) is 19.3 Å². The second kappa shape index (κ2) is 9.10. The Bertz CT molecular complexity index is 279. The molecule has 2 N–H and O–H groups in total. The minimum Gasteiger partial charge on any atom is -0.385 e. The van der Waals surface area contributed by atoms with Crippen LogP contribution in [0, 0.1) is 5.92 Å². The van der Waals surface area contributed by atoms with Crippen molar-refractivity contribution in [3.8, 4) is 0 Å². The molecule has 0 spiro atoms. The summed E-state index contributed by atoms with van der Waals surface area (Å²) in [5, 5.41) is 3.27. The number of piperidine rings is 1. The lowest BCUT2D eigenvalue weighted by molar-refractivity contribution is 0.199. The van der Waals surface area contributed by atoms with Crippen molar-refractivity contribution in [2.24, 2.45) is 5.92 Å². The van der Waals surface area contributed by atoms with Crippen LogP contribution in [0.4, 0.5) is 0 Å². The molecule has 104 valence electrons. The van der Waals surface area contributed by atoms with Crippen molar-refractivity contribution in [2.75, 3.05) is 39.1 Å². The number of hydrogen-bond acceptors (Lipinski definition) is 4. The SMILES string of the molecule is COCCCS(=O)(=O)NCC1CCCNC1.Cl. The smallest absolute Gasteiger partial charge is 0.211 e. The Balaban J connectivity index is 0.00000256. The molecule has 0 radical (unpaired) electrons. The molecule has 0 amide bonds. The number of methoxy groups -OCH3 is 1.